The summed E-state index contributed by atoms with van der Waals surface area (Å²) in [5.74, 6) is 0.503. The van der Waals surface area contributed by atoms with Crippen LogP contribution in [0.15, 0.2) is 6.07 Å². The summed E-state index contributed by atoms with van der Waals surface area (Å²) in [6, 6.07) is 2.68. The molecule has 2 atom stereocenters. The number of pyridine rings is 1. The van der Waals surface area contributed by atoms with Crippen molar-refractivity contribution in [3.8, 4) is 0 Å². The van der Waals surface area contributed by atoms with Gasteiger partial charge in [0.05, 0.1) is 22.2 Å². The van der Waals surface area contributed by atoms with Crippen LogP contribution in [0, 0.1) is 6.92 Å². The van der Waals surface area contributed by atoms with E-state index in [4.69, 9.17) is 10.1 Å². The molecule has 1 saturated heterocycles. The smallest absolute Gasteiger partial charge is 0.252 e. The van der Waals surface area contributed by atoms with Crippen molar-refractivity contribution in [2.24, 2.45) is 0 Å². The molecule has 1 amide bonds. The van der Waals surface area contributed by atoms with Crippen LogP contribution in [0.3, 0.4) is 0 Å². The maximum atomic E-state index is 13.2. The minimum absolute atomic E-state index is 0. The van der Waals surface area contributed by atoms with E-state index in [9.17, 15) is 4.79 Å². The molecule has 0 bridgehead atoms. The second-order valence-electron chi connectivity index (χ2n) is 9.29. The number of amides is 1. The number of piperidine rings is 1. The van der Waals surface area contributed by atoms with Crippen molar-refractivity contribution in [2.45, 2.75) is 83.8 Å². The van der Waals surface area contributed by atoms with Crippen molar-refractivity contribution >= 4 is 41.8 Å². The van der Waals surface area contributed by atoms with Crippen LogP contribution in [-0.4, -0.2) is 39.3 Å². The molecule has 1 aliphatic carbocycles. The van der Waals surface area contributed by atoms with Gasteiger partial charge in [-0.2, -0.15) is 5.10 Å². The summed E-state index contributed by atoms with van der Waals surface area (Å²) in [6.45, 7) is 11.5. The van der Waals surface area contributed by atoms with Gasteiger partial charge in [0, 0.05) is 23.7 Å². The molecule has 2 aliphatic rings. The summed E-state index contributed by atoms with van der Waals surface area (Å²) in [5, 5.41) is 12.4. The average molecular weight is 442 g/mol. The van der Waals surface area contributed by atoms with Crippen LogP contribution in [0.1, 0.15) is 81.0 Å². The second kappa shape index (κ2) is 8.78. The minimum atomic E-state index is -0.181. The number of hydrogen-bond donors (Lipinski definition) is 2. The van der Waals surface area contributed by atoms with E-state index >= 15 is 0 Å². The molecule has 2 aromatic rings. The van der Waals surface area contributed by atoms with Crippen molar-refractivity contribution in [3.63, 3.8) is 0 Å². The monoisotopic (exact) mass is 441 g/mol. The standard InChI is InChI=1S/C21H31N5O.2ClH/c1-12-10-15(8-9-22-12)23-20(27)16-11-17(14-6-7-14)24-19-18(16)13(2)25-26(19)21(3,4)5;;/h11-12,14-15,22H,6-10H2,1-5H3,(H,23,27);2*1H. The summed E-state index contributed by atoms with van der Waals surface area (Å²) in [5.41, 5.74) is 3.31. The number of carbonyl (C=O) groups is 1. The maximum Gasteiger partial charge on any atom is 0.252 e. The van der Waals surface area contributed by atoms with Crippen LogP contribution in [0.5, 0.6) is 0 Å². The molecule has 162 valence electrons. The predicted octanol–water partition coefficient (Wildman–Crippen LogP) is 4.09. The molecule has 1 aliphatic heterocycles. The van der Waals surface area contributed by atoms with Crippen molar-refractivity contribution in [2.75, 3.05) is 6.54 Å². The number of rotatable bonds is 3. The normalized spacial score (nSPS) is 22.0. The Bertz CT molecular complexity index is 885. The zero-order valence-corrected chi connectivity index (χ0v) is 19.5. The molecule has 2 unspecified atom stereocenters. The largest absolute Gasteiger partial charge is 0.349 e. The predicted molar refractivity (Wildman–Crippen MR) is 122 cm³/mol. The van der Waals surface area contributed by atoms with E-state index in [0.717, 1.165) is 60.2 Å². The molecule has 8 heteroatoms. The van der Waals surface area contributed by atoms with Crippen LogP contribution in [0.2, 0.25) is 0 Å². The first-order valence-electron chi connectivity index (χ1n) is 10.2. The Morgan fingerprint density at radius 1 is 1.24 bits per heavy atom. The number of fused-ring (bicyclic) bond motifs is 1. The van der Waals surface area contributed by atoms with Crippen molar-refractivity contribution in [1.82, 2.24) is 25.4 Å². The first kappa shape index (κ1) is 23.9. The highest BCUT2D eigenvalue weighted by atomic mass is 35.5. The maximum absolute atomic E-state index is 13.2. The molecular weight excluding hydrogens is 409 g/mol. The Morgan fingerprint density at radius 2 is 1.93 bits per heavy atom. The van der Waals surface area contributed by atoms with Crippen LogP contribution in [-0.2, 0) is 5.54 Å². The third-order valence-electron chi connectivity index (χ3n) is 5.67. The summed E-state index contributed by atoms with van der Waals surface area (Å²) < 4.78 is 1.98. The molecule has 1 saturated carbocycles. The Kier molecular flexibility index (Phi) is 7.24. The van der Waals surface area contributed by atoms with E-state index in [2.05, 4.69) is 38.3 Å². The molecule has 2 fully saturated rings. The molecule has 0 aromatic carbocycles. The Balaban J connectivity index is 0.00000150. The zero-order valence-electron chi connectivity index (χ0n) is 17.9. The zero-order chi connectivity index (χ0) is 19.3. The van der Waals surface area contributed by atoms with E-state index in [1.54, 1.807) is 0 Å². The number of carbonyl (C=O) groups excluding carboxylic acids is 1. The van der Waals surface area contributed by atoms with Gasteiger partial charge in [-0.3, -0.25) is 4.79 Å². The molecule has 6 nitrogen and oxygen atoms in total. The van der Waals surface area contributed by atoms with Crippen molar-refractivity contribution < 1.29 is 4.79 Å². The summed E-state index contributed by atoms with van der Waals surface area (Å²) in [7, 11) is 0. The van der Waals surface area contributed by atoms with Gasteiger partial charge in [0.1, 0.15) is 0 Å². The van der Waals surface area contributed by atoms with Crippen LogP contribution >= 0.6 is 24.8 Å². The lowest BCUT2D eigenvalue weighted by atomic mass is 9.99. The SMILES string of the molecule is Cc1nn(C(C)(C)C)c2nc(C3CC3)cc(C(=O)NC3CCNC(C)C3)c12.Cl.Cl. The highest BCUT2D eigenvalue weighted by Gasteiger charge is 2.31. The fourth-order valence-electron chi connectivity index (χ4n) is 4.07. The highest BCUT2D eigenvalue weighted by molar-refractivity contribution is 6.06. The highest BCUT2D eigenvalue weighted by Crippen LogP contribution is 2.41. The number of halogens is 2. The number of aromatic nitrogens is 3. The van der Waals surface area contributed by atoms with Gasteiger partial charge in [-0.1, -0.05) is 0 Å². The molecule has 0 spiro atoms. The third kappa shape index (κ3) is 4.86. The third-order valence-corrected chi connectivity index (χ3v) is 5.67. The summed E-state index contributed by atoms with van der Waals surface area (Å²) in [4.78, 5) is 18.2. The van der Waals surface area contributed by atoms with Crippen molar-refractivity contribution in [1.29, 1.82) is 0 Å². The van der Waals surface area contributed by atoms with E-state index < -0.39 is 0 Å². The molecule has 4 rings (SSSR count). The summed E-state index contributed by atoms with van der Waals surface area (Å²) in [6.07, 6.45) is 4.26. The van der Waals surface area contributed by atoms with Gasteiger partial charge in [-0.15, -0.1) is 24.8 Å². The molecule has 2 aromatic heterocycles. The minimum Gasteiger partial charge on any atom is -0.349 e. The fraction of sp³-hybridized carbons (Fsp3) is 0.667. The van der Waals surface area contributed by atoms with Gasteiger partial charge in [-0.05, 0) is 72.9 Å². The lowest BCUT2D eigenvalue weighted by molar-refractivity contribution is 0.0927. The molecular formula is C21H33Cl2N5O. The van der Waals surface area contributed by atoms with Gasteiger partial charge in [0.25, 0.3) is 5.91 Å². The quantitative estimate of drug-likeness (QED) is 0.751. The second-order valence-corrected chi connectivity index (χ2v) is 9.29. The molecule has 29 heavy (non-hydrogen) atoms. The van der Waals surface area contributed by atoms with Crippen LogP contribution in [0.4, 0.5) is 0 Å². The van der Waals surface area contributed by atoms with Crippen molar-refractivity contribution in [3.05, 3.63) is 23.0 Å². The summed E-state index contributed by atoms with van der Waals surface area (Å²) >= 11 is 0. The first-order chi connectivity index (χ1) is 12.7. The lowest BCUT2D eigenvalue weighted by Crippen LogP contribution is -2.46. The molecule has 2 N–H and O–H groups in total. The Morgan fingerprint density at radius 3 is 2.52 bits per heavy atom. The van der Waals surface area contributed by atoms with Gasteiger partial charge >= 0.3 is 0 Å². The van der Waals surface area contributed by atoms with Gasteiger partial charge in [0.15, 0.2) is 5.65 Å². The fourth-order valence-corrected chi connectivity index (χ4v) is 4.07. The first-order valence-corrected chi connectivity index (χ1v) is 10.2. The van der Waals surface area contributed by atoms with Gasteiger partial charge in [-0.25, -0.2) is 9.67 Å². The average Bonchev–Trinajstić information content (AvgIpc) is 3.37. The number of nitrogens with one attached hydrogen (secondary N) is 2. The number of aryl methyl sites for hydroxylation is 1. The topological polar surface area (TPSA) is 71.8 Å². The number of nitrogens with zero attached hydrogens (tertiary/aromatic N) is 3. The van der Waals surface area contributed by atoms with Gasteiger partial charge in [0.2, 0.25) is 0 Å². The van der Waals surface area contributed by atoms with Crippen LogP contribution < -0.4 is 10.6 Å². The van der Waals surface area contributed by atoms with Gasteiger partial charge < -0.3 is 10.6 Å². The Hall–Kier alpha value is -1.37. The van der Waals surface area contributed by atoms with E-state index in [1.165, 1.54) is 0 Å². The van der Waals surface area contributed by atoms with Crippen LogP contribution in [0.25, 0.3) is 11.0 Å². The van der Waals surface area contributed by atoms with E-state index in [1.807, 2.05) is 17.7 Å². The lowest BCUT2D eigenvalue weighted by Gasteiger charge is -2.28. The van der Waals surface area contributed by atoms with E-state index in [0.29, 0.717) is 12.0 Å². The Labute approximate surface area is 185 Å². The molecule has 0 radical (unpaired) electrons. The number of hydrogen-bond acceptors (Lipinski definition) is 4. The van der Waals surface area contributed by atoms with E-state index in [-0.39, 0.29) is 42.3 Å². The molecule has 3 heterocycles.